The van der Waals surface area contributed by atoms with Crippen molar-refractivity contribution < 1.29 is 4.42 Å². The SMILES string of the molecule is Cc1nccn1C[C@@H]1CCCN(Cc2coc(C(C)C)n2)C1. The van der Waals surface area contributed by atoms with Gasteiger partial charge in [0, 0.05) is 37.9 Å². The minimum absolute atomic E-state index is 0.354. The lowest BCUT2D eigenvalue weighted by Gasteiger charge is -2.32. The monoisotopic (exact) mass is 302 g/mol. The lowest BCUT2D eigenvalue weighted by atomic mass is 9.98. The summed E-state index contributed by atoms with van der Waals surface area (Å²) >= 11 is 0. The molecule has 0 aliphatic carbocycles. The van der Waals surface area contributed by atoms with Gasteiger partial charge in [-0.3, -0.25) is 4.90 Å². The minimum Gasteiger partial charge on any atom is -0.448 e. The fourth-order valence-electron chi connectivity index (χ4n) is 3.21. The molecule has 1 atom stereocenters. The van der Waals surface area contributed by atoms with Gasteiger partial charge in [-0.15, -0.1) is 0 Å². The predicted octanol–water partition coefficient (Wildman–Crippen LogP) is 3.22. The molecule has 0 bridgehead atoms. The minimum atomic E-state index is 0.354. The molecule has 1 saturated heterocycles. The molecule has 0 saturated carbocycles. The molecule has 2 aromatic heterocycles. The van der Waals surface area contributed by atoms with Crippen LogP contribution >= 0.6 is 0 Å². The normalized spacial score (nSPS) is 19.9. The summed E-state index contributed by atoms with van der Waals surface area (Å²) in [5, 5.41) is 0. The Morgan fingerprint density at radius 1 is 1.41 bits per heavy atom. The van der Waals surface area contributed by atoms with E-state index in [1.807, 2.05) is 12.5 Å². The molecule has 2 aromatic rings. The van der Waals surface area contributed by atoms with Crippen LogP contribution in [0.1, 0.15) is 50.0 Å². The standard InChI is InChI=1S/C17H26N4O/c1-13(2)17-19-16(12-22-17)11-20-7-4-5-15(9-20)10-21-8-6-18-14(21)3/h6,8,12-13,15H,4-5,7,9-11H2,1-3H3/t15-/m1/s1. The van der Waals surface area contributed by atoms with Crippen LogP contribution in [0.2, 0.25) is 0 Å². The first kappa shape index (κ1) is 15.3. The van der Waals surface area contributed by atoms with E-state index < -0.39 is 0 Å². The molecule has 0 radical (unpaired) electrons. The molecular formula is C17H26N4O. The highest BCUT2D eigenvalue weighted by atomic mass is 16.3. The molecule has 5 heteroatoms. The number of likely N-dealkylation sites (tertiary alicyclic amines) is 1. The van der Waals surface area contributed by atoms with E-state index >= 15 is 0 Å². The maximum Gasteiger partial charge on any atom is 0.196 e. The van der Waals surface area contributed by atoms with Crippen molar-refractivity contribution in [2.75, 3.05) is 13.1 Å². The van der Waals surface area contributed by atoms with Gasteiger partial charge in [-0.1, -0.05) is 13.8 Å². The molecule has 5 nitrogen and oxygen atoms in total. The molecule has 0 spiro atoms. The summed E-state index contributed by atoms with van der Waals surface area (Å²) in [4.78, 5) is 11.4. The van der Waals surface area contributed by atoms with Crippen molar-refractivity contribution in [3.63, 3.8) is 0 Å². The van der Waals surface area contributed by atoms with Crippen LogP contribution in [0.25, 0.3) is 0 Å². The number of piperidine rings is 1. The maximum atomic E-state index is 5.55. The number of aromatic nitrogens is 3. The molecule has 1 aliphatic rings. The van der Waals surface area contributed by atoms with Crippen molar-refractivity contribution in [2.45, 2.75) is 52.6 Å². The van der Waals surface area contributed by atoms with Crippen LogP contribution in [-0.4, -0.2) is 32.5 Å². The van der Waals surface area contributed by atoms with Crippen molar-refractivity contribution in [1.82, 2.24) is 19.4 Å². The Balaban J connectivity index is 1.57. The second-order valence-electron chi connectivity index (χ2n) is 6.70. The number of hydrogen-bond acceptors (Lipinski definition) is 4. The van der Waals surface area contributed by atoms with Crippen LogP contribution in [-0.2, 0) is 13.1 Å². The summed E-state index contributed by atoms with van der Waals surface area (Å²) in [5.41, 5.74) is 1.06. The molecule has 0 amide bonds. The largest absolute Gasteiger partial charge is 0.448 e. The highest BCUT2D eigenvalue weighted by molar-refractivity contribution is 4.99. The first-order valence-electron chi connectivity index (χ1n) is 8.26. The van der Waals surface area contributed by atoms with Crippen molar-refractivity contribution in [2.24, 2.45) is 5.92 Å². The van der Waals surface area contributed by atoms with Crippen molar-refractivity contribution in [1.29, 1.82) is 0 Å². The van der Waals surface area contributed by atoms with Crippen LogP contribution in [0.4, 0.5) is 0 Å². The first-order valence-corrected chi connectivity index (χ1v) is 8.26. The third-order valence-corrected chi connectivity index (χ3v) is 4.43. The lowest BCUT2D eigenvalue weighted by Crippen LogP contribution is -2.36. The number of imidazole rings is 1. The van der Waals surface area contributed by atoms with Crippen molar-refractivity contribution in [3.05, 3.63) is 36.1 Å². The van der Waals surface area contributed by atoms with Gasteiger partial charge in [0.1, 0.15) is 12.1 Å². The number of hydrogen-bond donors (Lipinski definition) is 0. The molecular weight excluding hydrogens is 276 g/mol. The van der Waals surface area contributed by atoms with Gasteiger partial charge >= 0.3 is 0 Å². The van der Waals surface area contributed by atoms with Gasteiger partial charge in [-0.25, -0.2) is 9.97 Å². The fraction of sp³-hybridized carbons (Fsp3) is 0.647. The number of rotatable bonds is 5. The summed E-state index contributed by atoms with van der Waals surface area (Å²) in [6.45, 7) is 10.5. The quantitative estimate of drug-likeness (QED) is 0.851. The van der Waals surface area contributed by atoms with Gasteiger partial charge in [-0.2, -0.15) is 0 Å². The van der Waals surface area contributed by atoms with Crippen LogP contribution in [0.15, 0.2) is 23.1 Å². The van der Waals surface area contributed by atoms with Gasteiger partial charge < -0.3 is 8.98 Å². The van der Waals surface area contributed by atoms with E-state index in [4.69, 9.17) is 4.42 Å². The molecule has 22 heavy (non-hydrogen) atoms. The van der Waals surface area contributed by atoms with Crippen LogP contribution < -0.4 is 0 Å². The molecule has 0 aromatic carbocycles. The average Bonchev–Trinajstić information content (AvgIpc) is 3.10. The molecule has 1 aliphatic heterocycles. The van der Waals surface area contributed by atoms with Gasteiger partial charge in [0.25, 0.3) is 0 Å². The van der Waals surface area contributed by atoms with Gasteiger partial charge in [0.2, 0.25) is 0 Å². The highest BCUT2D eigenvalue weighted by Crippen LogP contribution is 2.21. The molecule has 120 valence electrons. The summed E-state index contributed by atoms with van der Waals surface area (Å²) in [5.74, 6) is 3.00. The zero-order valence-corrected chi connectivity index (χ0v) is 13.8. The second-order valence-corrected chi connectivity index (χ2v) is 6.70. The topological polar surface area (TPSA) is 47.1 Å². The molecule has 1 fully saturated rings. The number of oxazole rings is 1. The Kier molecular flexibility index (Phi) is 4.62. The smallest absolute Gasteiger partial charge is 0.196 e. The third-order valence-electron chi connectivity index (χ3n) is 4.43. The Morgan fingerprint density at radius 2 is 2.27 bits per heavy atom. The van der Waals surface area contributed by atoms with Crippen molar-refractivity contribution in [3.8, 4) is 0 Å². The Bertz CT molecular complexity index is 601. The van der Waals surface area contributed by atoms with E-state index in [0.717, 1.165) is 43.6 Å². The maximum absolute atomic E-state index is 5.55. The van der Waals surface area contributed by atoms with E-state index in [9.17, 15) is 0 Å². The second kappa shape index (κ2) is 6.65. The van der Waals surface area contributed by atoms with Gasteiger partial charge in [0.15, 0.2) is 5.89 Å². The van der Waals surface area contributed by atoms with E-state index in [2.05, 4.69) is 46.4 Å². The lowest BCUT2D eigenvalue weighted by molar-refractivity contribution is 0.154. The number of aryl methyl sites for hydroxylation is 1. The zero-order valence-electron chi connectivity index (χ0n) is 13.8. The van der Waals surface area contributed by atoms with Crippen molar-refractivity contribution >= 4 is 0 Å². The van der Waals surface area contributed by atoms with E-state index in [1.54, 1.807) is 0 Å². The summed E-state index contributed by atoms with van der Waals surface area (Å²) in [7, 11) is 0. The van der Waals surface area contributed by atoms with Crippen LogP contribution in [0, 0.1) is 12.8 Å². The molecule has 3 heterocycles. The molecule has 0 unspecified atom stereocenters. The molecule has 0 N–H and O–H groups in total. The summed E-state index contributed by atoms with van der Waals surface area (Å²) < 4.78 is 7.81. The van der Waals surface area contributed by atoms with E-state index in [1.165, 1.54) is 12.8 Å². The van der Waals surface area contributed by atoms with Crippen LogP contribution in [0.3, 0.4) is 0 Å². The average molecular weight is 302 g/mol. The Hall–Kier alpha value is -1.62. The van der Waals surface area contributed by atoms with Gasteiger partial charge in [-0.05, 0) is 32.2 Å². The first-order chi connectivity index (χ1) is 10.6. The zero-order chi connectivity index (χ0) is 15.5. The molecule has 3 rings (SSSR count). The summed E-state index contributed by atoms with van der Waals surface area (Å²) in [6, 6.07) is 0. The van der Waals surface area contributed by atoms with E-state index in [0.29, 0.717) is 11.8 Å². The fourth-order valence-corrected chi connectivity index (χ4v) is 3.21. The summed E-state index contributed by atoms with van der Waals surface area (Å²) in [6.07, 6.45) is 8.34. The third kappa shape index (κ3) is 3.58. The van der Waals surface area contributed by atoms with Crippen LogP contribution in [0.5, 0.6) is 0 Å². The predicted molar refractivity (Wildman–Crippen MR) is 85.6 cm³/mol. The van der Waals surface area contributed by atoms with E-state index in [-0.39, 0.29) is 0 Å². The Morgan fingerprint density at radius 3 is 2.95 bits per heavy atom. The van der Waals surface area contributed by atoms with Gasteiger partial charge in [0.05, 0.1) is 5.69 Å². The number of nitrogens with zero attached hydrogens (tertiary/aromatic N) is 4. The Labute approximate surface area is 132 Å². The highest BCUT2D eigenvalue weighted by Gasteiger charge is 2.21.